The molecule has 0 spiro atoms. The molecule has 108 valence electrons. The van der Waals surface area contributed by atoms with Crippen molar-refractivity contribution < 1.29 is 4.79 Å². The first-order chi connectivity index (χ1) is 8.34. The molecule has 0 bridgehead atoms. The molecule has 2 rings (SSSR count). The third-order valence-corrected chi connectivity index (χ3v) is 2.87. The third-order valence-electron chi connectivity index (χ3n) is 2.87. The van der Waals surface area contributed by atoms with Gasteiger partial charge in [-0.2, -0.15) is 0 Å². The second-order valence-corrected chi connectivity index (χ2v) is 4.54. The lowest BCUT2D eigenvalue weighted by Crippen LogP contribution is -2.35. The van der Waals surface area contributed by atoms with Crippen molar-refractivity contribution in [2.75, 3.05) is 19.6 Å². The molecule has 2 N–H and O–H groups in total. The molecule has 0 aromatic carbocycles. The summed E-state index contributed by atoms with van der Waals surface area (Å²) in [6.07, 6.45) is 7.05. The van der Waals surface area contributed by atoms with Gasteiger partial charge in [-0.3, -0.25) is 9.78 Å². The Bertz CT molecular complexity index is 358. The highest BCUT2D eigenvalue weighted by Gasteiger charge is 2.20. The molecule has 1 fully saturated rings. The molecule has 0 saturated heterocycles. The second kappa shape index (κ2) is 10.0. The van der Waals surface area contributed by atoms with Crippen LogP contribution >= 0.6 is 24.8 Å². The molecule has 1 heterocycles. The molecular formula is C13H21Cl2N3O. The lowest BCUT2D eigenvalue weighted by atomic mass is 10.2. The van der Waals surface area contributed by atoms with E-state index in [0.29, 0.717) is 13.1 Å². The van der Waals surface area contributed by atoms with Crippen LogP contribution in [0.25, 0.3) is 0 Å². The Morgan fingerprint density at radius 2 is 2.16 bits per heavy atom. The molecule has 1 aromatic rings. The van der Waals surface area contributed by atoms with Gasteiger partial charge in [-0.1, -0.05) is 6.07 Å². The SMILES string of the molecule is Cl.Cl.O=C(CNCC1CC1)NCCc1cccnc1. The fraction of sp³-hybridized carbons (Fsp3) is 0.538. The number of halogens is 2. The molecule has 1 saturated carbocycles. The highest BCUT2D eigenvalue weighted by atomic mass is 35.5. The van der Waals surface area contributed by atoms with Gasteiger partial charge in [0.25, 0.3) is 0 Å². The number of amides is 1. The maximum absolute atomic E-state index is 11.4. The minimum absolute atomic E-state index is 0. The van der Waals surface area contributed by atoms with Crippen molar-refractivity contribution in [1.29, 1.82) is 0 Å². The van der Waals surface area contributed by atoms with E-state index in [-0.39, 0.29) is 30.7 Å². The van der Waals surface area contributed by atoms with Gasteiger partial charge in [0, 0.05) is 18.9 Å². The molecule has 1 amide bonds. The van der Waals surface area contributed by atoms with E-state index in [2.05, 4.69) is 15.6 Å². The number of pyridine rings is 1. The summed E-state index contributed by atoms with van der Waals surface area (Å²) in [7, 11) is 0. The van der Waals surface area contributed by atoms with E-state index in [9.17, 15) is 4.79 Å². The van der Waals surface area contributed by atoms with Crippen molar-refractivity contribution >= 4 is 30.7 Å². The number of hydrogen-bond donors (Lipinski definition) is 2. The Morgan fingerprint density at radius 3 is 2.79 bits per heavy atom. The molecule has 4 nitrogen and oxygen atoms in total. The quantitative estimate of drug-likeness (QED) is 0.804. The second-order valence-electron chi connectivity index (χ2n) is 4.54. The highest BCUT2D eigenvalue weighted by Crippen LogP contribution is 2.27. The molecule has 1 aromatic heterocycles. The maximum Gasteiger partial charge on any atom is 0.233 e. The summed E-state index contributed by atoms with van der Waals surface area (Å²) in [5.74, 6) is 0.896. The average Bonchev–Trinajstić information content (AvgIpc) is 3.14. The van der Waals surface area contributed by atoms with Crippen molar-refractivity contribution in [3.8, 4) is 0 Å². The monoisotopic (exact) mass is 305 g/mol. The Morgan fingerprint density at radius 1 is 1.37 bits per heavy atom. The van der Waals surface area contributed by atoms with Gasteiger partial charge in [0.05, 0.1) is 6.54 Å². The van der Waals surface area contributed by atoms with E-state index in [4.69, 9.17) is 0 Å². The summed E-state index contributed by atoms with van der Waals surface area (Å²) in [4.78, 5) is 15.5. The number of nitrogens with one attached hydrogen (secondary N) is 2. The van der Waals surface area contributed by atoms with Crippen molar-refractivity contribution in [1.82, 2.24) is 15.6 Å². The zero-order valence-electron chi connectivity index (χ0n) is 10.8. The average molecular weight is 306 g/mol. The van der Waals surface area contributed by atoms with Gasteiger partial charge in [0.2, 0.25) is 5.91 Å². The summed E-state index contributed by atoms with van der Waals surface area (Å²) >= 11 is 0. The van der Waals surface area contributed by atoms with Gasteiger partial charge in [0.15, 0.2) is 0 Å². The number of rotatable bonds is 7. The minimum atomic E-state index is 0. The fourth-order valence-electron chi connectivity index (χ4n) is 1.67. The van der Waals surface area contributed by atoms with Gasteiger partial charge >= 0.3 is 0 Å². The maximum atomic E-state index is 11.4. The Kier molecular flexibility index (Phi) is 9.57. The van der Waals surface area contributed by atoms with Crippen LogP contribution in [-0.4, -0.2) is 30.5 Å². The first kappa shape index (κ1) is 18.2. The van der Waals surface area contributed by atoms with Crippen LogP contribution in [0.2, 0.25) is 0 Å². The molecule has 0 aliphatic heterocycles. The van der Waals surface area contributed by atoms with Gasteiger partial charge in [-0.25, -0.2) is 0 Å². The molecule has 19 heavy (non-hydrogen) atoms. The molecule has 1 aliphatic carbocycles. The number of carbonyl (C=O) groups is 1. The minimum Gasteiger partial charge on any atom is -0.355 e. The number of hydrogen-bond acceptors (Lipinski definition) is 3. The molecule has 0 radical (unpaired) electrons. The lowest BCUT2D eigenvalue weighted by molar-refractivity contribution is -0.120. The Balaban J connectivity index is 0.00000162. The van der Waals surface area contributed by atoms with Crippen LogP contribution in [0.15, 0.2) is 24.5 Å². The van der Waals surface area contributed by atoms with Crippen molar-refractivity contribution in [2.45, 2.75) is 19.3 Å². The van der Waals surface area contributed by atoms with E-state index in [0.717, 1.165) is 24.4 Å². The molecule has 1 aliphatic rings. The van der Waals surface area contributed by atoms with Gasteiger partial charge in [0.1, 0.15) is 0 Å². The van der Waals surface area contributed by atoms with Crippen LogP contribution in [-0.2, 0) is 11.2 Å². The van der Waals surface area contributed by atoms with Crippen molar-refractivity contribution in [3.05, 3.63) is 30.1 Å². The zero-order chi connectivity index (χ0) is 11.9. The van der Waals surface area contributed by atoms with E-state index in [1.807, 2.05) is 18.3 Å². The van der Waals surface area contributed by atoms with Crippen LogP contribution in [0.3, 0.4) is 0 Å². The molecule has 6 heteroatoms. The van der Waals surface area contributed by atoms with Crippen LogP contribution in [0, 0.1) is 5.92 Å². The predicted octanol–water partition coefficient (Wildman–Crippen LogP) is 1.58. The van der Waals surface area contributed by atoms with E-state index in [1.54, 1.807) is 6.20 Å². The van der Waals surface area contributed by atoms with E-state index < -0.39 is 0 Å². The van der Waals surface area contributed by atoms with Crippen LogP contribution in [0.5, 0.6) is 0 Å². The van der Waals surface area contributed by atoms with Crippen LogP contribution < -0.4 is 10.6 Å². The summed E-state index contributed by atoms with van der Waals surface area (Å²) in [6, 6.07) is 3.93. The number of aromatic nitrogens is 1. The summed E-state index contributed by atoms with van der Waals surface area (Å²) in [5, 5.41) is 6.07. The molecule has 0 atom stereocenters. The fourth-order valence-corrected chi connectivity index (χ4v) is 1.67. The van der Waals surface area contributed by atoms with E-state index in [1.165, 1.54) is 12.8 Å². The topological polar surface area (TPSA) is 54.0 Å². The highest BCUT2D eigenvalue weighted by molar-refractivity contribution is 5.85. The third kappa shape index (κ3) is 8.03. The van der Waals surface area contributed by atoms with E-state index >= 15 is 0 Å². The molecule has 0 unspecified atom stereocenters. The van der Waals surface area contributed by atoms with Crippen LogP contribution in [0.1, 0.15) is 18.4 Å². The first-order valence-electron chi connectivity index (χ1n) is 6.21. The van der Waals surface area contributed by atoms with Crippen molar-refractivity contribution in [3.63, 3.8) is 0 Å². The lowest BCUT2D eigenvalue weighted by Gasteiger charge is -2.06. The standard InChI is InChI=1S/C13H19N3O.2ClH/c17-13(10-15-9-12-3-4-12)16-7-5-11-2-1-6-14-8-11;;/h1-2,6,8,12,15H,3-5,7,9-10H2,(H,16,17);2*1H. The number of nitrogens with zero attached hydrogens (tertiary/aromatic N) is 1. The number of carbonyl (C=O) groups excluding carboxylic acids is 1. The van der Waals surface area contributed by atoms with Gasteiger partial charge < -0.3 is 10.6 Å². The zero-order valence-corrected chi connectivity index (χ0v) is 12.4. The normalized spacial score (nSPS) is 13.1. The predicted molar refractivity (Wildman–Crippen MR) is 81.0 cm³/mol. The summed E-state index contributed by atoms with van der Waals surface area (Å²) < 4.78 is 0. The van der Waals surface area contributed by atoms with Gasteiger partial charge in [-0.05, 0) is 43.4 Å². The summed E-state index contributed by atoms with van der Waals surface area (Å²) in [6.45, 7) is 2.09. The van der Waals surface area contributed by atoms with Gasteiger partial charge in [-0.15, -0.1) is 24.8 Å². The molecular weight excluding hydrogens is 285 g/mol. The Labute approximate surface area is 126 Å². The van der Waals surface area contributed by atoms with Crippen molar-refractivity contribution in [2.24, 2.45) is 5.92 Å². The smallest absolute Gasteiger partial charge is 0.233 e. The summed E-state index contributed by atoms with van der Waals surface area (Å²) in [5.41, 5.74) is 1.15. The largest absolute Gasteiger partial charge is 0.355 e. The first-order valence-corrected chi connectivity index (χ1v) is 6.21. The van der Waals surface area contributed by atoms with Crippen LogP contribution in [0.4, 0.5) is 0 Å². The Hall–Kier alpha value is -0.840.